The summed E-state index contributed by atoms with van der Waals surface area (Å²) in [4.78, 5) is 8.01. The second-order valence-corrected chi connectivity index (χ2v) is 6.95. The Morgan fingerprint density at radius 2 is 2.16 bits per heavy atom. The van der Waals surface area contributed by atoms with Gasteiger partial charge in [0, 0.05) is 23.5 Å². The maximum absolute atomic E-state index is 14.3. The van der Waals surface area contributed by atoms with Gasteiger partial charge in [0.1, 0.15) is 17.3 Å². The minimum absolute atomic E-state index is 0.275. The predicted octanol–water partition coefficient (Wildman–Crippen LogP) is 5.05. The number of nitrogens with zero attached hydrogens (tertiary/aromatic N) is 2. The van der Waals surface area contributed by atoms with Crippen molar-refractivity contribution in [1.82, 2.24) is 9.88 Å². The minimum atomic E-state index is -0.410. The number of benzene rings is 1. The second kappa shape index (κ2) is 7.37. The van der Waals surface area contributed by atoms with Gasteiger partial charge >= 0.3 is 0 Å². The molecular formula is C19H21FN2O2S. The number of thiophene rings is 1. The molecule has 1 aromatic carbocycles. The predicted molar refractivity (Wildman–Crippen MR) is 97.4 cm³/mol. The Morgan fingerprint density at radius 1 is 1.36 bits per heavy atom. The van der Waals surface area contributed by atoms with E-state index in [0.717, 1.165) is 5.69 Å². The molecule has 4 nitrogen and oxygen atoms in total. The van der Waals surface area contributed by atoms with E-state index in [1.165, 1.54) is 18.1 Å². The summed E-state index contributed by atoms with van der Waals surface area (Å²) in [7, 11) is 3.55. The summed E-state index contributed by atoms with van der Waals surface area (Å²) in [6.45, 7) is 4.65. The topological polar surface area (TPSA) is 38.5 Å². The van der Waals surface area contributed by atoms with E-state index < -0.39 is 5.82 Å². The molecule has 0 aliphatic carbocycles. The molecular weight excluding hydrogens is 339 g/mol. The summed E-state index contributed by atoms with van der Waals surface area (Å²) < 4.78 is 25.0. The highest BCUT2D eigenvalue weighted by Crippen LogP contribution is 2.29. The van der Waals surface area contributed by atoms with Gasteiger partial charge in [-0.05, 0) is 44.5 Å². The molecule has 25 heavy (non-hydrogen) atoms. The third-order valence-corrected chi connectivity index (χ3v) is 5.36. The van der Waals surface area contributed by atoms with Crippen LogP contribution in [0.15, 0.2) is 40.1 Å². The number of rotatable bonds is 6. The van der Waals surface area contributed by atoms with Crippen molar-refractivity contribution in [3.05, 3.63) is 57.9 Å². The molecule has 0 amide bonds. The van der Waals surface area contributed by atoms with E-state index in [9.17, 15) is 4.39 Å². The number of halogens is 1. The molecule has 3 aromatic rings. The summed E-state index contributed by atoms with van der Waals surface area (Å²) in [5.41, 5.74) is 1.15. The first-order valence-electron chi connectivity index (χ1n) is 8.03. The average Bonchev–Trinajstić information content (AvgIpc) is 3.24. The van der Waals surface area contributed by atoms with Gasteiger partial charge in [-0.25, -0.2) is 9.37 Å². The molecule has 3 rings (SSSR count). The monoisotopic (exact) mass is 360 g/mol. The van der Waals surface area contributed by atoms with E-state index in [4.69, 9.17) is 9.15 Å². The van der Waals surface area contributed by atoms with Gasteiger partial charge in [0.05, 0.1) is 18.4 Å². The highest BCUT2D eigenvalue weighted by molar-refractivity contribution is 7.10. The Kier molecular flexibility index (Phi) is 5.20. The first-order chi connectivity index (χ1) is 12.0. The van der Waals surface area contributed by atoms with Crippen molar-refractivity contribution in [2.24, 2.45) is 0 Å². The van der Waals surface area contributed by atoms with Crippen LogP contribution >= 0.6 is 11.3 Å². The number of hydrogen-bond donors (Lipinski definition) is 0. The summed E-state index contributed by atoms with van der Waals surface area (Å²) in [6.07, 6.45) is 0. The second-order valence-electron chi connectivity index (χ2n) is 5.97. The highest BCUT2D eigenvalue weighted by atomic mass is 32.1. The zero-order valence-corrected chi connectivity index (χ0v) is 15.6. The normalized spacial score (nSPS) is 12.6. The van der Waals surface area contributed by atoms with Crippen LogP contribution in [0.2, 0.25) is 0 Å². The van der Waals surface area contributed by atoms with Crippen molar-refractivity contribution in [3.8, 4) is 17.2 Å². The van der Waals surface area contributed by atoms with Gasteiger partial charge in [0.25, 0.3) is 0 Å². The Balaban J connectivity index is 1.81. The van der Waals surface area contributed by atoms with Crippen LogP contribution in [0.5, 0.6) is 5.75 Å². The zero-order valence-electron chi connectivity index (χ0n) is 14.7. The molecule has 0 aliphatic heterocycles. The smallest absolute Gasteiger partial charge is 0.229 e. The molecule has 1 unspecified atom stereocenters. The minimum Gasteiger partial charge on any atom is -0.497 e. The molecule has 0 bridgehead atoms. The summed E-state index contributed by atoms with van der Waals surface area (Å²) in [6, 6.07) is 9.11. The van der Waals surface area contributed by atoms with Crippen LogP contribution in [0, 0.1) is 12.7 Å². The van der Waals surface area contributed by atoms with E-state index in [-0.39, 0.29) is 6.04 Å². The van der Waals surface area contributed by atoms with Gasteiger partial charge in [-0.3, -0.25) is 4.90 Å². The Labute approximate surface area is 150 Å². The number of hydrogen-bond acceptors (Lipinski definition) is 5. The lowest BCUT2D eigenvalue weighted by molar-refractivity contribution is 0.252. The molecule has 0 spiro atoms. The van der Waals surface area contributed by atoms with Gasteiger partial charge in [-0.1, -0.05) is 6.07 Å². The van der Waals surface area contributed by atoms with Crippen LogP contribution in [0.4, 0.5) is 4.39 Å². The van der Waals surface area contributed by atoms with Crippen molar-refractivity contribution in [1.29, 1.82) is 0 Å². The molecule has 6 heteroatoms. The van der Waals surface area contributed by atoms with Crippen LogP contribution in [0.25, 0.3) is 11.5 Å². The number of oxazole rings is 1. The van der Waals surface area contributed by atoms with Crippen molar-refractivity contribution in [2.75, 3.05) is 14.2 Å². The first kappa shape index (κ1) is 17.6. The van der Waals surface area contributed by atoms with E-state index in [1.807, 2.05) is 14.0 Å². The highest BCUT2D eigenvalue weighted by Gasteiger charge is 2.19. The Morgan fingerprint density at radius 3 is 2.80 bits per heavy atom. The Bertz CT molecular complexity index is 845. The van der Waals surface area contributed by atoms with Crippen LogP contribution in [0.3, 0.4) is 0 Å². The summed E-state index contributed by atoms with van der Waals surface area (Å²) in [5, 5.41) is 2.07. The fourth-order valence-electron chi connectivity index (χ4n) is 2.61. The molecule has 0 aliphatic rings. The molecule has 1 atom stereocenters. The number of aryl methyl sites for hydroxylation is 1. The van der Waals surface area contributed by atoms with Crippen LogP contribution < -0.4 is 4.74 Å². The molecule has 0 fully saturated rings. The van der Waals surface area contributed by atoms with Crippen molar-refractivity contribution >= 4 is 11.3 Å². The van der Waals surface area contributed by atoms with Gasteiger partial charge in [0.2, 0.25) is 5.89 Å². The number of methoxy groups -OCH3 is 1. The van der Waals surface area contributed by atoms with Crippen molar-refractivity contribution in [2.45, 2.75) is 26.4 Å². The molecule has 0 saturated heterocycles. The number of ether oxygens (including phenoxy) is 1. The first-order valence-corrected chi connectivity index (χ1v) is 8.91. The third-order valence-electron chi connectivity index (χ3n) is 4.31. The van der Waals surface area contributed by atoms with Gasteiger partial charge in [0.15, 0.2) is 0 Å². The zero-order chi connectivity index (χ0) is 18.0. The third kappa shape index (κ3) is 3.75. The van der Waals surface area contributed by atoms with Gasteiger partial charge < -0.3 is 9.15 Å². The van der Waals surface area contributed by atoms with E-state index in [1.54, 1.807) is 23.5 Å². The maximum Gasteiger partial charge on any atom is 0.229 e. The lowest BCUT2D eigenvalue weighted by Gasteiger charge is -2.22. The van der Waals surface area contributed by atoms with Crippen LogP contribution in [-0.2, 0) is 6.54 Å². The van der Waals surface area contributed by atoms with Gasteiger partial charge in [-0.2, -0.15) is 0 Å². The largest absolute Gasteiger partial charge is 0.497 e. The molecule has 132 valence electrons. The van der Waals surface area contributed by atoms with Crippen molar-refractivity contribution < 1.29 is 13.5 Å². The summed E-state index contributed by atoms with van der Waals surface area (Å²) in [5.74, 6) is 1.06. The maximum atomic E-state index is 14.3. The quantitative estimate of drug-likeness (QED) is 0.616. The fraction of sp³-hybridized carbons (Fsp3) is 0.316. The average molecular weight is 360 g/mol. The number of aromatic nitrogens is 1. The lowest BCUT2D eigenvalue weighted by Crippen LogP contribution is -2.21. The lowest BCUT2D eigenvalue weighted by atomic mass is 10.2. The summed E-state index contributed by atoms with van der Waals surface area (Å²) >= 11 is 1.73. The molecule has 2 heterocycles. The Hall–Kier alpha value is -2.18. The standard InChI is InChI=1S/C19H21FN2O2S/c1-12(18-6-5-9-25-18)22(3)11-17-13(2)24-19(21-17)15-8-7-14(23-4)10-16(15)20/h5-10,12H,11H2,1-4H3. The van der Waals surface area contributed by atoms with Crippen LogP contribution in [0.1, 0.15) is 29.3 Å². The van der Waals surface area contributed by atoms with E-state index in [2.05, 4.69) is 34.3 Å². The fourth-order valence-corrected chi connectivity index (χ4v) is 3.45. The molecule has 0 saturated carbocycles. The molecule has 2 aromatic heterocycles. The molecule has 0 radical (unpaired) electrons. The van der Waals surface area contributed by atoms with Crippen molar-refractivity contribution in [3.63, 3.8) is 0 Å². The van der Waals surface area contributed by atoms with Crippen LogP contribution in [-0.4, -0.2) is 24.0 Å². The van der Waals surface area contributed by atoms with E-state index >= 15 is 0 Å². The molecule has 0 N–H and O–H groups in total. The van der Waals surface area contributed by atoms with Gasteiger partial charge in [-0.15, -0.1) is 11.3 Å². The SMILES string of the molecule is COc1ccc(-c2nc(CN(C)C(C)c3cccs3)c(C)o2)c(F)c1. The van der Waals surface area contributed by atoms with E-state index in [0.29, 0.717) is 29.5 Å².